The van der Waals surface area contributed by atoms with Gasteiger partial charge in [-0.05, 0) is 11.5 Å². The minimum Gasteiger partial charge on any atom is -0.279 e. The Morgan fingerprint density at radius 2 is 1.54 bits per heavy atom. The zero-order chi connectivity index (χ0) is 18.1. The Labute approximate surface area is 152 Å². The summed E-state index contributed by atoms with van der Waals surface area (Å²) in [5, 5.41) is 18.5. The minimum absolute atomic E-state index is 0.249. The number of hydrogen-bond donors (Lipinski definition) is 1. The molecule has 4 heteroatoms. The monoisotopic (exact) mass is 338 g/mol. The summed E-state index contributed by atoms with van der Waals surface area (Å²) in [7, 11) is 0. The maximum Gasteiger partial charge on any atom is 0.182 e. The summed E-state index contributed by atoms with van der Waals surface area (Å²) in [5.41, 5.74) is 5.70. The average Bonchev–Trinajstić information content (AvgIpc) is 3.11. The van der Waals surface area contributed by atoms with Gasteiger partial charge in [-0.2, -0.15) is 10.4 Å². The van der Waals surface area contributed by atoms with Gasteiger partial charge >= 0.3 is 0 Å². The number of pyridine rings is 1. The number of nitrogens with one attached hydrogen (secondary N) is 1. The number of nitriles is 1. The van der Waals surface area contributed by atoms with E-state index in [0.717, 1.165) is 27.8 Å². The van der Waals surface area contributed by atoms with Crippen molar-refractivity contribution in [3.05, 3.63) is 71.9 Å². The molecule has 4 nitrogen and oxygen atoms in total. The van der Waals surface area contributed by atoms with Crippen LogP contribution in [-0.2, 0) is 0 Å². The summed E-state index contributed by atoms with van der Waals surface area (Å²) in [6.07, 6.45) is 0. The van der Waals surface area contributed by atoms with Crippen molar-refractivity contribution in [3.63, 3.8) is 0 Å². The van der Waals surface area contributed by atoms with Crippen LogP contribution in [0.4, 0.5) is 0 Å². The molecule has 0 radical (unpaired) electrons. The van der Waals surface area contributed by atoms with Gasteiger partial charge in [0.15, 0.2) is 5.65 Å². The first-order chi connectivity index (χ1) is 12.7. The van der Waals surface area contributed by atoms with E-state index in [2.05, 4.69) is 30.1 Å². The predicted molar refractivity (Wildman–Crippen MR) is 104 cm³/mol. The van der Waals surface area contributed by atoms with Gasteiger partial charge in [-0.15, -0.1) is 0 Å². The van der Waals surface area contributed by atoms with Crippen LogP contribution in [0.15, 0.2) is 60.7 Å². The highest BCUT2D eigenvalue weighted by Crippen LogP contribution is 2.38. The highest BCUT2D eigenvalue weighted by molar-refractivity contribution is 6.01. The molecule has 26 heavy (non-hydrogen) atoms. The maximum absolute atomic E-state index is 10.0. The van der Waals surface area contributed by atoms with Crippen LogP contribution in [0.25, 0.3) is 33.4 Å². The third kappa shape index (κ3) is 2.55. The lowest BCUT2D eigenvalue weighted by molar-refractivity contribution is 0.817. The van der Waals surface area contributed by atoms with Gasteiger partial charge in [-0.1, -0.05) is 74.5 Å². The molecule has 0 aliphatic rings. The van der Waals surface area contributed by atoms with Crippen molar-refractivity contribution in [1.82, 2.24) is 15.2 Å². The van der Waals surface area contributed by atoms with Gasteiger partial charge in [0.05, 0.1) is 16.6 Å². The number of rotatable bonds is 3. The summed E-state index contributed by atoms with van der Waals surface area (Å²) in [6, 6.07) is 22.2. The van der Waals surface area contributed by atoms with E-state index in [9.17, 15) is 5.26 Å². The van der Waals surface area contributed by atoms with Gasteiger partial charge in [-0.25, -0.2) is 4.98 Å². The number of nitrogens with zero attached hydrogens (tertiary/aromatic N) is 3. The fourth-order valence-electron chi connectivity index (χ4n) is 3.30. The first-order valence-electron chi connectivity index (χ1n) is 8.63. The number of aromatic amines is 1. The molecule has 2 heterocycles. The Kier molecular flexibility index (Phi) is 3.98. The zero-order valence-corrected chi connectivity index (χ0v) is 14.7. The molecule has 126 valence electrons. The van der Waals surface area contributed by atoms with E-state index < -0.39 is 0 Å². The Balaban J connectivity index is 2.16. The molecule has 0 aliphatic carbocycles. The molecule has 0 unspecified atom stereocenters. The van der Waals surface area contributed by atoms with Crippen LogP contribution in [0.5, 0.6) is 0 Å². The summed E-state index contributed by atoms with van der Waals surface area (Å²) < 4.78 is 0. The highest BCUT2D eigenvalue weighted by Gasteiger charge is 2.22. The van der Waals surface area contributed by atoms with Crippen LogP contribution in [0.3, 0.4) is 0 Å². The zero-order valence-electron chi connectivity index (χ0n) is 14.7. The second kappa shape index (κ2) is 6.45. The summed E-state index contributed by atoms with van der Waals surface area (Å²) in [5.74, 6) is 0.249. The van der Waals surface area contributed by atoms with Crippen molar-refractivity contribution in [2.24, 2.45) is 0 Å². The molecule has 4 rings (SSSR count). The standard InChI is InChI=1S/C22H18N4/c1-14(2)20-19-18(15-9-5-3-6-10-15)17(13-23)21(24-22(19)26-25-20)16-11-7-4-8-12-16/h3-12,14H,1-2H3,(H,24,25,26). The average molecular weight is 338 g/mol. The second-order valence-corrected chi connectivity index (χ2v) is 6.54. The quantitative estimate of drug-likeness (QED) is 0.552. The second-order valence-electron chi connectivity index (χ2n) is 6.54. The van der Waals surface area contributed by atoms with E-state index in [1.54, 1.807) is 0 Å². The van der Waals surface area contributed by atoms with Gasteiger partial charge in [0.1, 0.15) is 6.07 Å². The number of fused-ring (bicyclic) bond motifs is 1. The van der Waals surface area contributed by atoms with Crippen LogP contribution >= 0.6 is 0 Å². The molecule has 0 amide bonds. The molecule has 1 N–H and O–H groups in total. The summed E-state index contributed by atoms with van der Waals surface area (Å²) >= 11 is 0. The Bertz CT molecular complexity index is 1100. The van der Waals surface area contributed by atoms with E-state index in [-0.39, 0.29) is 5.92 Å². The molecular weight excluding hydrogens is 320 g/mol. The minimum atomic E-state index is 0.249. The fraction of sp³-hybridized carbons (Fsp3) is 0.136. The van der Waals surface area contributed by atoms with Gasteiger partial charge in [0, 0.05) is 16.8 Å². The Morgan fingerprint density at radius 1 is 0.923 bits per heavy atom. The lowest BCUT2D eigenvalue weighted by Gasteiger charge is -2.13. The lowest BCUT2D eigenvalue weighted by Crippen LogP contribution is -1.97. The summed E-state index contributed by atoms with van der Waals surface area (Å²) in [6.45, 7) is 4.22. The Hall–Kier alpha value is -3.45. The molecule has 2 aromatic heterocycles. The number of hydrogen-bond acceptors (Lipinski definition) is 3. The van der Waals surface area contributed by atoms with E-state index >= 15 is 0 Å². The number of aromatic nitrogens is 3. The third-order valence-corrected chi connectivity index (χ3v) is 4.53. The molecule has 0 aliphatic heterocycles. The number of benzene rings is 2. The van der Waals surface area contributed by atoms with Crippen molar-refractivity contribution in [2.75, 3.05) is 0 Å². The molecule has 0 saturated carbocycles. The largest absolute Gasteiger partial charge is 0.279 e. The van der Waals surface area contributed by atoms with Crippen LogP contribution in [0, 0.1) is 11.3 Å². The normalized spacial score (nSPS) is 11.0. The van der Waals surface area contributed by atoms with Crippen molar-refractivity contribution < 1.29 is 0 Å². The van der Waals surface area contributed by atoms with Crippen molar-refractivity contribution >= 4 is 11.0 Å². The highest BCUT2D eigenvalue weighted by atomic mass is 15.2. The van der Waals surface area contributed by atoms with Crippen LogP contribution in [-0.4, -0.2) is 15.2 Å². The first kappa shape index (κ1) is 16.0. The van der Waals surface area contributed by atoms with E-state index in [4.69, 9.17) is 4.98 Å². The lowest BCUT2D eigenvalue weighted by atomic mass is 9.91. The van der Waals surface area contributed by atoms with Gasteiger partial charge < -0.3 is 0 Å². The van der Waals surface area contributed by atoms with E-state index in [0.29, 0.717) is 16.9 Å². The topological polar surface area (TPSA) is 65.4 Å². The maximum atomic E-state index is 10.0. The fourth-order valence-corrected chi connectivity index (χ4v) is 3.30. The van der Waals surface area contributed by atoms with Crippen LogP contribution in [0.1, 0.15) is 31.0 Å². The summed E-state index contributed by atoms with van der Waals surface area (Å²) in [4.78, 5) is 4.74. The smallest absolute Gasteiger partial charge is 0.182 e. The molecule has 4 aromatic rings. The predicted octanol–water partition coefficient (Wildman–Crippen LogP) is 5.29. The molecule has 0 spiro atoms. The van der Waals surface area contributed by atoms with Crippen LogP contribution < -0.4 is 0 Å². The van der Waals surface area contributed by atoms with Gasteiger partial charge in [0.2, 0.25) is 0 Å². The van der Waals surface area contributed by atoms with Crippen LogP contribution in [0.2, 0.25) is 0 Å². The first-order valence-corrected chi connectivity index (χ1v) is 8.63. The third-order valence-electron chi connectivity index (χ3n) is 4.53. The number of H-pyrrole nitrogens is 1. The Morgan fingerprint density at radius 3 is 2.12 bits per heavy atom. The van der Waals surface area contributed by atoms with E-state index in [1.165, 1.54) is 0 Å². The molecule has 0 bridgehead atoms. The SMILES string of the molecule is CC(C)c1[nH]nc2nc(-c3ccccc3)c(C#N)c(-c3ccccc3)c12. The van der Waals surface area contributed by atoms with Crippen molar-refractivity contribution in [2.45, 2.75) is 19.8 Å². The molecule has 0 atom stereocenters. The van der Waals surface area contributed by atoms with Crippen molar-refractivity contribution in [1.29, 1.82) is 5.26 Å². The molecule has 0 saturated heterocycles. The van der Waals surface area contributed by atoms with Gasteiger partial charge in [-0.3, -0.25) is 5.10 Å². The van der Waals surface area contributed by atoms with Crippen molar-refractivity contribution in [3.8, 4) is 28.5 Å². The van der Waals surface area contributed by atoms with Gasteiger partial charge in [0.25, 0.3) is 0 Å². The molecule has 2 aromatic carbocycles. The van der Waals surface area contributed by atoms with E-state index in [1.807, 2.05) is 60.7 Å². The molecular formula is C22H18N4. The molecule has 0 fully saturated rings.